The molecule has 0 spiro atoms. The lowest BCUT2D eigenvalue weighted by Gasteiger charge is -2.17. The van der Waals surface area contributed by atoms with E-state index in [1.807, 2.05) is 0 Å². The maximum atomic E-state index is 13.6. The lowest BCUT2D eigenvalue weighted by atomic mass is 10.1. The lowest BCUT2D eigenvalue weighted by Crippen LogP contribution is -2.29. The number of hydrogen-bond donors (Lipinski definition) is 0. The van der Waals surface area contributed by atoms with Gasteiger partial charge in [-0.1, -0.05) is 33.6 Å². The molecule has 0 aliphatic carbocycles. The fraction of sp³-hybridized carbons (Fsp3) is 0.417. The van der Waals surface area contributed by atoms with E-state index in [9.17, 15) is 9.18 Å². The summed E-state index contributed by atoms with van der Waals surface area (Å²) in [5.41, 5.74) is -0.00982. The molecule has 2 nitrogen and oxygen atoms in total. The van der Waals surface area contributed by atoms with Gasteiger partial charge in [0.1, 0.15) is 5.82 Å². The van der Waals surface area contributed by atoms with Gasteiger partial charge in [0, 0.05) is 18.4 Å². The van der Waals surface area contributed by atoms with E-state index in [0.29, 0.717) is 19.0 Å². The SMILES string of the molecule is O=C(c1c(F)cccc1Cl)N1CCC(CBr)C1. The molecule has 0 bridgehead atoms. The molecule has 1 heterocycles. The van der Waals surface area contributed by atoms with Gasteiger partial charge in [0.05, 0.1) is 10.6 Å². The highest BCUT2D eigenvalue weighted by Crippen LogP contribution is 2.25. The van der Waals surface area contributed by atoms with Crippen LogP contribution in [0, 0.1) is 11.7 Å². The van der Waals surface area contributed by atoms with Crippen LogP contribution in [0.4, 0.5) is 4.39 Å². The van der Waals surface area contributed by atoms with Crippen LogP contribution >= 0.6 is 27.5 Å². The molecule has 1 unspecified atom stereocenters. The summed E-state index contributed by atoms with van der Waals surface area (Å²) >= 11 is 9.28. The molecule has 0 aromatic heterocycles. The van der Waals surface area contributed by atoms with Crippen molar-refractivity contribution < 1.29 is 9.18 Å². The molecular weight excluding hydrogens is 308 g/mol. The molecule has 2 rings (SSSR count). The summed E-state index contributed by atoms with van der Waals surface area (Å²) < 4.78 is 13.6. The number of halogens is 3. The second kappa shape index (κ2) is 5.36. The number of likely N-dealkylation sites (tertiary alicyclic amines) is 1. The first-order valence-electron chi connectivity index (χ1n) is 5.42. The van der Waals surface area contributed by atoms with Gasteiger partial charge in [-0.05, 0) is 24.5 Å². The van der Waals surface area contributed by atoms with Crippen LogP contribution in [0.1, 0.15) is 16.8 Å². The Morgan fingerprint density at radius 3 is 2.94 bits per heavy atom. The van der Waals surface area contributed by atoms with Crippen LogP contribution in [0.3, 0.4) is 0 Å². The maximum Gasteiger partial charge on any atom is 0.258 e. The highest BCUT2D eigenvalue weighted by Gasteiger charge is 2.28. The fourth-order valence-electron chi connectivity index (χ4n) is 2.00. The van der Waals surface area contributed by atoms with Crippen LogP contribution in [-0.2, 0) is 0 Å². The number of carbonyl (C=O) groups excluding carboxylic acids is 1. The average molecular weight is 321 g/mol. The zero-order valence-corrected chi connectivity index (χ0v) is 11.5. The normalized spacial score (nSPS) is 19.7. The first kappa shape index (κ1) is 12.8. The second-order valence-corrected chi connectivity index (χ2v) is 5.21. The van der Waals surface area contributed by atoms with Crippen molar-refractivity contribution in [1.82, 2.24) is 4.90 Å². The van der Waals surface area contributed by atoms with Crippen LogP contribution in [-0.4, -0.2) is 29.2 Å². The third-order valence-electron chi connectivity index (χ3n) is 2.97. The van der Waals surface area contributed by atoms with Gasteiger partial charge in [0.2, 0.25) is 0 Å². The lowest BCUT2D eigenvalue weighted by molar-refractivity contribution is 0.0784. The molecule has 1 aromatic carbocycles. The Hall–Kier alpha value is -0.610. The van der Waals surface area contributed by atoms with E-state index in [-0.39, 0.29) is 16.5 Å². The molecule has 1 aromatic rings. The molecule has 92 valence electrons. The number of nitrogens with zero attached hydrogens (tertiary/aromatic N) is 1. The van der Waals surface area contributed by atoms with E-state index < -0.39 is 5.82 Å². The van der Waals surface area contributed by atoms with E-state index in [4.69, 9.17) is 11.6 Å². The molecule has 1 amide bonds. The Morgan fingerprint density at radius 1 is 1.59 bits per heavy atom. The fourth-order valence-corrected chi connectivity index (χ4v) is 2.78. The quantitative estimate of drug-likeness (QED) is 0.765. The van der Waals surface area contributed by atoms with Crippen molar-refractivity contribution in [3.63, 3.8) is 0 Å². The Bertz CT molecular complexity index is 420. The van der Waals surface area contributed by atoms with Crippen LogP contribution < -0.4 is 0 Å². The van der Waals surface area contributed by atoms with Crippen molar-refractivity contribution in [3.8, 4) is 0 Å². The van der Waals surface area contributed by atoms with Crippen LogP contribution in [0.15, 0.2) is 18.2 Å². The summed E-state index contributed by atoms with van der Waals surface area (Å²) in [6, 6.07) is 4.30. The summed E-state index contributed by atoms with van der Waals surface area (Å²) in [4.78, 5) is 13.8. The molecule has 1 fully saturated rings. The van der Waals surface area contributed by atoms with Gasteiger partial charge in [-0.15, -0.1) is 0 Å². The standard InChI is InChI=1S/C12H12BrClFNO/c13-6-8-4-5-16(7-8)12(17)11-9(14)2-1-3-10(11)15/h1-3,8H,4-7H2. The van der Waals surface area contributed by atoms with Crippen molar-refractivity contribution in [2.45, 2.75) is 6.42 Å². The molecule has 1 aliphatic heterocycles. The molecule has 1 atom stereocenters. The van der Waals surface area contributed by atoms with Gasteiger partial charge in [0.25, 0.3) is 5.91 Å². The smallest absolute Gasteiger partial charge is 0.258 e. The van der Waals surface area contributed by atoms with Crippen molar-refractivity contribution >= 4 is 33.4 Å². The minimum atomic E-state index is -0.551. The highest BCUT2D eigenvalue weighted by atomic mass is 79.9. The third kappa shape index (κ3) is 2.63. The van der Waals surface area contributed by atoms with E-state index in [1.54, 1.807) is 4.90 Å². The molecular formula is C12H12BrClFNO. The molecule has 1 aliphatic rings. The molecule has 0 radical (unpaired) electrons. The molecule has 1 saturated heterocycles. The minimum Gasteiger partial charge on any atom is -0.338 e. The third-order valence-corrected chi connectivity index (χ3v) is 4.20. The van der Waals surface area contributed by atoms with Gasteiger partial charge >= 0.3 is 0 Å². The molecule has 0 N–H and O–H groups in total. The number of carbonyl (C=O) groups is 1. The maximum absolute atomic E-state index is 13.6. The van der Waals surface area contributed by atoms with Gasteiger partial charge in [-0.3, -0.25) is 4.79 Å². The average Bonchev–Trinajstić information content (AvgIpc) is 2.77. The van der Waals surface area contributed by atoms with Crippen LogP contribution in [0.25, 0.3) is 0 Å². The van der Waals surface area contributed by atoms with E-state index in [2.05, 4.69) is 15.9 Å². The first-order valence-corrected chi connectivity index (χ1v) is 6.92. The predicted molar refractivity (Wildman–Crippen MR) is 69.2 cm³/mol. The zero-order chi connectivity index (χ0) is 12.4. The largest absolute Gasteiger partial charge is 0.338 e. The predicted octanol–water partition coefficient (Wildman–Crippen LogP) is 3.34. The Labute approximate surface area is 113 Å². The Morgan fingerprint density at radius 2 is 2.35 bits per heavy atom. The topological polar surface area (TPSA) is 20.3 Å². The van der Waals surface area contributed by atoms with Gasteiger partial charge in [-0.2, -0.15) is 0 Å². The Kier molecular flexibility index (Phi) is 4.05. The van der Waals surface area contributed by atoms with Crippen molar-refractivity contribution in [2.24, 2.45) is 5.92 Å². The van der Waals surface area contributed by atoms with Gasteiger partial charge in [0.15, 0.2) is 0 Å². The number of benzene rings is 1. The summed E-state index contributed by atoms with van der Waals surface area (Å²) in [6.45, 7) is 1.33. The number of hydrogen-bond acceptors (Lipinski definition) is 1. The Balaban J connectivity index is 2.21. The summed E-state index contributed by atoms with van der Waals surface area (Å²) in [6.07, 6.45) is 0.947. The zero-order valence-electron chi connectivity index (χ0n) is 9.13. The van der Waals surface area contributed by atoms with Crippen molar-refractivity contribution in [3.05, 3.63) is 34.6 Å². The van der Waals surface area contributed by atoms with E-state index >= 15 is 0 Å². The number of rotatable bonds is 2. The monoisotopic (exact) mass is 319 g/mol. The van der Waals surface area contributed by atoms with E-state index in [0.717, 1.165) is 11.8 Å². The van der Waals surface area contributed by atoms with Gasteiger partial charge in [-0.25, -0.2) is 4.39 Å². The number of amides is 1. The van der Waals surface area contributed by atoms with Crippen molar-refractivity contribution in [2.75, 3.05) is 18.4 Å². The van der Waals surface area contributed by atoms with Crippen LogP contribution in [0.2, 0.25) is 5.02 Å². The number of alkyl halides is 1. The summed E-state index contributed by atoms with van der Waals surface area (Å²) in [5, 5.41) is 1.04. The highest BCUT2D eigenvalue weighted by molar-refractivity contribution is 9.09. The van der Waals surface area contributed by atoms with E-state index in [1.165, 1.54) is 18.2 Å². The molecule has 0 saturated carbocycles. The molecule has 5 heteroatoms. The molecule has 17 heavy (non-hydrogen) atoms. The summed E-state index contributed by atoms with van der Waals surface area (Å²) in [7, 11) is 0. The minimum absolute atomic E-state index is 0.00982. The second-order valence-electron chi connectivity index (χ2n) is 4.16. The summed E-state index contributed by atoms with van der Waals surface area (Å²) in [5.74, 6) is -0.411. The van der Waals surface area contributed by atoms with Crippen molar-refractivity contribution in [1.29, 1.82) is 0 Å². The first-order chi connectivity index (χ1) is 8.13. The van der Waals surface area contributed by atoms with Crippen LogP contribution in [0.5, 0.6) is 0 Å². The van der Waals surface area contributed by atoms with Gasteiger partial charge < -0.3 is 4.90 Å².